The fourth-order valence-corrected chi connectivity index (χ4v) is 5.20. The molecule has 0 radical (unpaired) electrons. The summed E-state index contributed by atoms with van der Waals surface area (Å²) in [6.45, 7) is 8.70. The predicted molar refractivity (Wildman–Crippen MR) is 137 cm³/mol. The van der Waals surface area contributed by atoms with Crippen LogP contribution in [0.3, 0.4) is 0 Å². The van der Waals surface area contributed by atoms with Gasteiger partial charge in [0.15, 0.2) is 0 Å². The molecular formula is C29H36N4O. The van der Waals surface area contributed by atoms with Gasteiger partial charge in [-0.2, -0.15) is 5.26 Å². The average Bonchev–Trinajstić information content (AvgIpc) is 2.95. The number of nitrogens with one attached hydrogen (secondary N) is 1. The van der Waals surface area contributed by atoms with Crippen molar-refractivity contribution in [1.29, 1.82) is 5.26 Å². The third-order valence-corrected chi connectivity index (χ3v) is 7.30. The van der Waals surface area contributed by atoms with Crippen LogP contribution in [0.5, 0.6) is 0 Å². The maximum Gasteiger partial charge on any atom is 0.254 e. The lowest BCUT2D eigenvalue weighted by Gasteiger charge is -2.33. The Hall–Kier alpha value is -3.13. The van der Waals surface area contributed by atoms with E-state index in [0.29, 0.717) is 17.5 Å². The lowest BCUT2D eigenvalue weighted by Crippen LogP contribution is -2.38. The minimum atomic E-state index is 0.119. The lowest BCUT2D eigenvalue weighted by molar-refractivity contribution is 0.0712. The highest BCUT2D eigenvalue weighted by atomic mass is 16.2. The van der Waals surface area contributed by atoms with Crippen molar-refractivity contribution < 1.29 is 4.79 Å². The van der Waals surface area contributed by atoms with E-state index in [1.165, 1.54) is 18.4 Å². The first-order chi connectivity index (χ1) is 16.5. The number of amides is 1. The summed E-state index contributed by atoms with van der Waals surface area (Å²) in [5, 5.41) is 12.6. The Morgan fingerprint density at radius 3 is 2.47 bits per heavy atom. The summed E-state index contributed by atoms with van der Waals surface area (Å²) in [5.74, 6) is 1.49. The molecule has 0 spiro atoms. The van der Waals surface area contributed by atoms with Crippen molar-refractivity contribution in [3.8, 4) is 6.07 Å². The maximum atomic E-state index is 13.6. The number of aryl methyl sites for hydroxylation is 2. The van der Waals surface area contributed by atoms with E-state index in [1.807, 2.05) is 24.0 Å². The van der Waals surface area contributed by atoms with Gasteiger partial charge in [0.25, 0.3) is 5.91 Å². The Kier molecular flexibility index (Phi) is 7.67. The summed E-state index contributed by atoms with van der Waals surface area (Å²) in [4.78, 5) is 20.5. The molecule has 0 aliphatic carbocycles. The molecule has 0 saturated carbocycles. The molecule has 1 amide bonds. The van der Waals surface area contributed by atoms with E-state index in [9.17, 15) is 4.79 Å². The average molecular weight is 457 g/mol. The quantitative estimate of drug-likeness (QED) is 0.664. The Labute approximate surface area is 203 Å². The molecule has 178 valence electrons. The monoisotopic (exact) mass is 456 g/mol. The Morgan fingerprint density at radius 1 is 1.03 bits per heavy atom. The van der Waals surface area contributed by atoms with Crippen molar-refractivity contribution in [3.63, 3.8) is 0 Å². The molecule has 1 N–H and O–H groups in total. The van der Waals surface area contributed by atoms with Gasteiger partial charge < -0.3 is 10.2 Å². The summed E-state index contributed by atoms with van der Waals surface area (Å²) >= 11 is 0. The van der Waals surface area contributed by atoms with Gasteiger partial charge in [-0.1, -0.05) is 31.0 Å². The number of carbonyl (C=O) groups is 1. The number of carbonyl (C=O) groups excluding carboxylic acids is 1. The lowest BCUT2D eigenvalue weighted by atomic mass is 9.88. The maximum absolute atomic E-state index is 13.6. The van der Waals surface area contributed by atoms with Crippen LogP contribution in [0.15, 0.2) is 41.4 Å². The zero-order valence-electron chi connectivity index (χ0n) is 20.7. The molecule has 2 aromatic rings. The number of piperidine rings is 1. The molecule has 5 heteroatoms. The third kappa shape index (κ3) is 5.50. The molecule has 4 rings (SSSR count). The molecule has 1 saturated heterocycles. The van der Waals surface area contributed by atoms with Crippen LogP contribution < -0.4 is 5.32 Å². The van der Waals surface area contributed by atoms with E-state index >= 15 is 0 Å². The van der Waals surface area contributed by atoms with Gasteiger partial charge in [-0.25, -0.2) is 0 Å². The van der Waals surface area contributed by atoms with Gasteiger partial charge in [-0.05, 0) is 87.3 Å². The molecule has 5 nitrogen and oxygen atoms in total. The second-order valence-corrected chi connectivity index (χ2v) is 9.91. The number of likely N-dealkylation sites (tertiary alicyclic amines) is 1. The van der Waals surface area contributed by atoms with Gasteiger partial charge in [-0.15, -0.1) is 0 Å². The van der Waals surface area contributed by atoms with E-state index in [0.717, 1.165) is 73.4 Å². The molecular weight excluding hydrogens is 420 g/mol. The molecule has 2 aromatic carbocycles. The molecule has 2 aliphatic heterocycles. The third-order valence-electron chi connectivity index (χ3n) is 7.30. The SMILES string of the molecule is Cc1cc(C)c(C2=NCCCCCC(C)N2)cc1C(=O)N1CCC(c2ccc(C#N)cc2)CC1. The van der Waals surface area contributed by atoms with Crippen LogP contribution in [0.2, 0.25) is 0 Å². The molecule has 1 atom stereocenters. The van der Waals surface area contributed by atoms with Crippen molar-refractivity contribution in [2.75, 3.05) is 19.6 Å². The minimum Gasteiger partial charge on any atom is -0.367 e. The van der Waals surface area contributed by atoms with Crippen molar-refractivity contribution in [3.05, 3.63) is 69.8 Å². The van der Waals surface area contributed by atoms with Crippen LogP contribution >= 0.6 is 0 Å². The van der Waals surface area contributed by atoms with Gasteiger partial charge in [0.2, 0.25) is 0 Å². The van der Waals surface area contributed by atoms with E-state index in [-0.39, 0.29) is 5.91 Å². The van der Waals surface area contributed by atoms with E-state index in [4.69, 9.17) is 10.3 Å². The van der Waals surface area contributed by atoms with E-state index < -0.39 is 0 Å². The zero-order valence-corrected chi connectivity index (χ0v) is 20.7. The first-order valence-corrected chi connectivity index (χ1v) is 12.7. The van der Waals surface area contributed by atoms with Crippen molar-refractivity contribution in [1.82, 2.24) is 10.2 Å². The number of benzene rings is 2. The van der Waals surface area contributed by atoms with E-state index in [2.05, 4.69) is 49.5 Å². The van der Waals surface area contributed by atoms with Gasteiger partial charge in [0.05, 0.1) is 11.6 Å². The Balaban J connectivity index is 1.50. The highest BCUT2D eigenvalue weighted by molar-refractivity contribution is 6.04. The summed E-state index contributed by atoms with van der Waals surface area (Å²) < 4.78 is 0. The fraction of sp³-hybridized carbons (Fsp3) is 0.483. The zero-order chi connectivity index (χ0) is 24.1. The number of rotatable bonds is 3. The van der Waals surface area contributed by atoms with Gasteiger partial charge in [0, 0.05) is 36.8 Å². The van der Waals surface area contributed by atoms with Crippen LogP contribution in [-0.2, 0) is 0 Å². The number of aliphatic imine (C=N–C) groups is 1. The first-order valence-electron chi connectivity index (χ1n) is 12.7. The Morgan fingerprint density at radius 2 is 1.76 bits per heavy atom. The molecule has 2 heterocycles. The van der Waals surface area contributed by atoms with Crippen LogP contribution in [0, 0.1) is 25.2 Å². The highest BCUT2D eigenvalue weighted by Gasteiger charge is 2.26. The number of nitriles is 1. The predicted octanol–water partition coefficient (Wildman–Crippen LogP) is 5.49. The highest BCUT2D eigenvalue weighted by Crippen LogP contribution is 2.29. The topological polar surface area (TPSA) is 68.5 Å². The fourth-order valence-electron chi connectivity index (χ4n) is 5.20. The van der Waals surface area contributed by atoms with Crippen LogP contribution in [0.1, 0.15) is 89.5 Å². The number of nitrogens with zero attached hydrogens (tertiary/aromatic N) is 3. The molecule has 2 aliphatic rings. The summed E-state index contributed by atoms with van der Waals surface area (Å²) in [5.41, 5.74) is 5.97. The molecule has 1 unspecified atom stereocenters. The minimum absolute atomic E-state index is 0.119. The van der Waals surface area contributed by atoms with E-state index in [1.54, 1.807) is 0 Å². The number of hydrogen-bond donors (Lipinski definition) is 1. The van der Waals surface area contributed by atoms with Crippen LogP contribution in [0.25, 0.3) is 0 Å². The molecule has 0 bridgehead atoms. The summed E-state index contributed by atoms with van der Waals surface area (Å²) in [6.07, 6.45) is 6.60. The number of amidine groups is 1. The van der Waals surface area contributed by atoms with Gasteiger partial charge in [-0.3, -0.25) is 9.79 Å². The summed E-state index contributed by atoms with van der Waals surface area (Å²) in [6, 6.07) is 14.6. The smallest absolute Gasteiger partial charge is 0.254 e. The van der Waals surface area contributed by atoms with Gasteiger partial charge in [0.1, 0.15) is 5.84 Å². The number of hydrogen-bond acceptors (Lipinski definition) is 4. The standard InChI is InChI=1S/C29H36N4O/c1-20-17-21(2)27(18-26(20)28-31-14-6-4-5-7-22(3)32-28)29(34)33-15-12-25(13-16-33)24-10-8-23(19-30)9-11-24/h8-11,17-18,22,25H,4-7,12-16H2,1-3H3,(H,31,32). The molecule has 34 heavy (non-hydrogen) atoms. The Bertz CT molecular complexity index is 1090. The first kappa shape index (κ1) is 24.0. The largest absolute Gasteiger partial charge is 0.367 e. The molecule has 0 aromatic heterocycles. The van der Waals surface area contributed by atoms with Crippen molar-refractivity contribution in [2.45, 2.75) is 71.3 Å². The van der Waals surface area contributed by atoms with Crippen molar-refractivity contribution in [2.24, 2.45) is 4.99 Å². The normalized spacial score (nSPS) is 19.8. The molecule has 1 fully saturated rings. The van der Waals surface area contributed by atoms with Gasteiger partial charge >= 0.3 is 0 Å². The van der Waals surface area contributed by atoms with Crippen LogP contribution in [-0.4, -0.2) is 42.3 Å². The summed E-state index contributed by atoms with van der Waals surface area (Å²) in [7, 11) is 0. The second-order valence-electron chi connectivity index (χ2n) is 9.91. The van der Waals surface area contributed by atoms with Crippen molar-refractivity contribution >= 4 is 11.7 Å². The second kappa shape index (κ2) is 10.9. The van der Waals surface area contributed by atoms with Crippen LogP contribution in [0.4, 0.5) is 0 Å².